The highest BCUT2D eigenvalue weighted by molar-refractivity contribution is 7.89. The van der Waals surface area contributed by atoms with Gasteiger partial charge in [0.1, 0.15) is 5.58 Å². The molecule has 168 valence electrons. The van der Waals surface area contributed by atoms with Crippen molar-refractivity contribution < 1.29 is 27.2 Å². The van der Waals surface area contributed by atoms with Crippen LogP contribution in [-0.4, -0.2) is 44.3 Å². The summed E-state index contributed by atoms with van der Waals surface area (Å²) in [7, 11) is -3.64. The van der Waals surface area contributed by atoms with E-state index in [0.717, 1.165) is 24.6 Å². The first kappa shape index (κ1) is 22.0. The minimum Gasteiger partial charge on any atom is -0.450 e. The summed E-state index contributed by atoms with van der Waals surface area (Å²) in [6.07, 6.45) is 2.70. The topological polar surface area (TPSA) is 106 Å². The number of carbonyl (C=O) groups is 2. The molecule has 0 unspecified atom stereocenters. The first-order chi connectivity index (χ1) is 15.3. The van der Waals surface area contributed by atoms with Crippen molar-refractivity contribution in [2.75, 3.05) is 25.0 Å². The van der Waals surface area contributed by atoms with E-state index in [0.29, 0.717) is 29.9 Å². The van der Waals surface area contributed by atoms with Crippen LogP contribution in [0.1, 0.15) is 35.4 Å². The molecule has 0 saturated carbocycles. The molecule has 1 N–H and O–H groups in total. The van der Waals surface area contributed by atoms with Crippen LogP contribution in [0.25, 0.3) is 11.0 Å². The number of hydrogen-bond donors (Lipinski definition) is 1. The molecule has 0 bridgehead atoms. The Morgan fingerprint density at radius 2 is 1.81 bits per heavy atom. The number of furan rings is 1. The number of anilines is 1. The largest absolute Gasteiger partial charge is 0.450 e. The Morgan fingerprint density at radius 1 is 1.06 bits per heavy atom. The minimum atomic E-state index is -3.64. The molecular formula is C23H24N2O6S. The quantitative estimate of drug-likeness (QED) is 0.567. The lowest BCUT2D eigenvalue weighted by Crippen LogP contribution is -2.36. The summed E-state index contributed by atoms with van der Waals surface area (Å²) in [6, 6.07) is 13.4. The van der Waals surface area contributed by atoms with Gasteiger partial charge in [-0.05, 0) is 49.6 Å². The van der Waals surface area contributed by atoms with Gasteiger partial charge in [-0.15, -0.1) is 0 Å². The van der Waals surface area contributed by atoms with Crippen molar-refractivity contribution in [3.63, 3.8) is 0 Å². The van der Waals surface area contributed by atoms with Crippen molar-refractivity contribution in [2.24, 2.45) is 0 Å². The van der Waals surface area contributed by atoms with Crippen LogP contribution in [0.4, 0.5) is 5.69 Å². The summed E-state index contributed by atoms with van der Waals surface area (Å²) in [6.45, 7) is 2.18. The average Bonchev–Trinajstić information content (AvgIpc) is 3.24. The molecular weight excluding hydrogens is 432 g/mol. The number of rotatable bonds is 6. The number of nitrogens with zero attached hydrogens (tertiary/aromatic N) is 1. The Hall–Kier alpha value is -3.17. The van der Waals surface area contributed by atoms with E-state index in [1.165, 1.54) is 10.4 Å². The normalized spacial score (nSPS) is 14.9. The second-order valence-electron chi connectivity index (χ2n) is 7.72. The van der Waals surface area contributed by atoms with Crippen molar-refractivity contribution in [1.82, 2.24) is 4.31 Å². The number of benzene rings is 2. The lowest BCUT2D eigenvalue weighted by molar-refractivity contribution is -0.119. The fourth-order valence-electron chi connectivity index (χ4n) is 3.68. The number of amides is 1. The number of ether oxygens (including phenoxy) is 1. The van der Waals surface area contributed by atoms with E-state index in [9.17, 15) is 18.0 Å². The zero-order valence-corrected chi connectivity index (χ0v) is 18.5. The Morgan fingerprint density at radius 3 is 2.56 bits per heavy atom. The zero-order chi connectivity index (χ0) is 22.7. The maximum atomic E-state index is 13.0. The summed E-state index contributed by atoms with van der Waals surface area (Å²) >= 11 is 0. The van der Waals surface area contributed by atoms with Crippen molar-refractivity contribution in [1.29, 1.82) is 0 Å². The van der Waals surface area contributed by atoms with Crippen LogP contribution in [0.5, 0.6) is 0 Å². The van der Waals surface area contributed by atoms with E-state index in [4.69, 9.17) is 9.15 Å². The number of carbonyl (C=O) groups excluding carboxylic acids is 2. The van der Waals surface area contributed by atoms with Gasteiger partial charge in [0.2, 0.25) is 15.8 Å². The van der Waals surface area contributed by atoms with Gasteiger partial charge >= 0.3 is 5.97 Å². The number of sulfonamides is 1. The monoisotopic (exact) mass is 456 g/mol. The number of aryl methyl sites for hydroxylation is 1. The lowest BCUT2D eigenvalue weighted by atomic mass is 10.2. The summed E-state index contributed by atoms with van der Waals surface area (Å²) in [5, 5.41) is 3.34. The SMILES string of the molecule is Cc1ccc(NC(=O)COC(=O)c2cc3ccccc3o2)cc1S(=O)(=O)N1CCCCC1. The number of nitrogens with one attached hydrogen (secondary N) is 1. The highest BCUT2D eigenvalue weighted by Crippen LogP contribution is 2.26. The summed E-state index contributed by atoms with van der Waals surface area (Å²) in [4.78, 5) is 24.6. The van der Waals surface area contributed by atoms with E-state index in [2.05, 4.69) is 5.32 Å². The third-order valence-corrected chi connectivity index (χ3v) is 7.41. The van der Waals surface area contributed by atoms with Gasteiger partial charge in [0.05, 0.1) is 4.90 Å². The third kappa shape index (κ3) is 4.68. The molecule has 0 aliphatic carbocycles. The number of para-hydroxylation sites is 1. The van der Waals surface area contributed by atoms with Gasteiger partial charge in [-0.1, -0.05) is 30.7 Å². The second kappa shape index (κ2) is 9.13. The molecule has 1 fully saturated rings. The van der Waals surface area contributed by atoms with Gasteiger partial charge in [-0.2, -0.15) is 4.31 Å². The Balaban J connectivity index is 1.41. The Kier molecular flexibility index (Phi) is 6.29. The summed E-state index contributed by atoms with van der Waals surface area (Å²) < 4.78 is 38.0. The fourth-order valence-corrected chi connectivity index (χ4v) is 5.45. The van der Waals surface area contributed by atoms with Gasteiger partial charge in [0.15, 0.2) is 6.61 Å². The molecule has 2 heterocycles. The first-order valence-electron chi connectivity index (χ1n) is 10.4. The number of esters is 1. The van der Waals surface area contributed by atoms with Crippen LogP contribution in [-0.2, 0) is 19.6 Å². The van der Waals surface area contributed by atoms with Crippen LogP contribution < -0.4 is 5.32 Å². The maximum absolute atomic E-state index is 13.0. The molecule has 1 saturated heterocycles. The van der Waals surface area contributed by atoms with Crippen LogP contribution in [0.2, 0.25) is 0 Å². The number of piperidine rings is 1. The molecule has 0 spiro atoms. The third-order valence-electron chi connectivity index (χ3n) is 5.37. The van der Waals surface area contributed by atoms with E-state index < -0.39 is 28.5 Å². The highest BCUT2D eigenvalue weighted by Gasteiger charge is 2.27. The number of hydrogen-bond acceptors (Lipinski definition) is 6. The molecule has 3 aromatic rings. The van der Waals surface area contributed by atoms with Crippen LogP contribution >= 0.6 is 0 Å². The van der Waals surface area contributed by atoms with Crippen molar-refractivity contribution in [3.05, 3.63) is 59.9 Å². The second-order valence-corrected chi connectivity index (χ2v) is 9.62. The average molecular weight is 457 g/mol. The maximum Gasteiger partial charge on any atom is 0.374 e. The van der Waals surface area contributed by atoms with Crippen molar-refractivity contribution in [3.8, 4) is 0 Å². The standard InChI is InChI=1S/C23H24N2O6S/c1-16-9-10-18(14-21(16)32(28,29)25-11-5-2-6-12-25)24-22(26)15-30-23(27)20-13-17-7-3-4-8-19(17)31-20/h3-4,7-10,13-14H,2,5-6,11-12,15H2,1H3,(H,24,26). The van der Waals surface area contributed by atoms with Crippen LogP contribution in [0.15, 0.2) is 57.8 Å². The highest BCUT2D eigenvalue weighted by atomic mass is 32.2. The van der Waals surface area contributed by atoms with E-state index >= 15 is 0 Å². The molecule has 4 rings (SSSR count). The van der Waals surface area contributed by atoms with Crippen LogP contribution in [0.3, 0.4) is 0 Å². The zero-order valence-electron chi connectivity index (χ0n) is 17.7. The van der Waals surface area contributed by atoms with Gasteiger partial charge in [-0.25, -0.2) is 13.2 Å². The van der Waals surface area contributed by atoms with E-state index in [1.807, 2.05) is 6.07 Å². The van der Waals surface area contributed by atoms with Gasteiger partial charge in [0.25, 0.3) is 5.91 Å². The van der Waals surface area contributed by atoms with E-state index in [1.54, 1.807) is 43.3 Å². The molecule has 1 aromatic heterocycles. The number of fused-ring (bicyclic) bond motifs is 1. The molecule has 0 radical (unpaired) electrons. The molecule has 32 heavy (non-hydrogen) atoms. The molecule has 8 nitrogen and oxygen atoms in total. The predicted molar refractivity (Wildman–Crippen MR) is 119 cm³/mol. The fraction of sp³-hybridized carbons (Fsp3) is 0.304. The summed E-state index contributed by atoms with van der Waals surface area (Å²) in [5.74, 6) is -1.34. The molecule has 1 amide bonds. The van der Waals surface area contributed by atoms with Crippen molar-refractivity contribution in [2.45, 2.75) is 31.1 Å². The first-order valence-corrected chi connectivity index (χ1v) is 11.8. The van der Waals surface area contributed by atoms with Crippen LogP contribution in [0, 0.1) is 6.92 Å². The van der Waals surface area contributed by atoms with Crippen molar-refractivity contribution >= 4 is 38.6 Å². The van der Waals surface area contributed by atoms with Gasteiger partial charge in [-0.3, -0.25) is 4.79 Å². The van der Waals surface area contributed by atoms with Gasteiger partial charge in [0, 0.05) is 24.2 Å². The molecule has 2 aromatic carbocycles. The lowest BCUT2D eigenvalue weighted by Gasteiger charge is -2.26. The molecule has 1 aliphatic rings. The Bertz CT molecular complexity index is 1230. The minimum absolute atomic E-state index is 0.00393. The molecule has 1 aliphatic heterocycles. The summed E-state index contributed by atoms with van der Waals surface area (Å²) in [5.41, 5.74) is 1.46. The van der Waals surface area contributed by atoms with Gasteiger partial charge < -0.3 is 14.5 Å². The van der Waals surface area contributed by atoms with E-state index in [-0.39, 0.29) is 10.7 Å². The molecule has 0 atom stereocenters. The molecule has 9 heteroatoms. The Labute approximate surface area is 186 Å². The predicted octanol–water partition coefficient (Wildman–Crippen LogP) is 3.71. The smallest absolute Gasteiger partial charge is 0.374 e.